The van der Waals surface area contributed by atoms with Gasteiger partial charge in [-0.25, -0.2) is 9.59 Å². The van der Waals surface area contributed by atoms with E-state index in [1.807, 2.05) is 20.1 Å². The molecule has 0 heterocycles. The predicted octanol–water partition coefficient (Wildman–Crippen LogP) is 2.96. The number of carbonyl (C=O) groups is 2. The van der Waals surface area contributed by atoms with E-state index in [9.17, 15) is 9.59 Å². The van der Waals surface area contributed by atoms with Gasteiger partial charge in [-0.3, -0.25) is 0 Å². The molecule has 0 radical (unpaired) electrons. The summed E-state index contributed by atoms with van der Waals surface area (Å²) in [6.07, 6.45) is 1.98. The van der Waals surface area contributed by atoms with Gasteiger partial charge in [-0.15, -0.1) is 0 Å². The van der Waals surface area contributed by atoms with Crippen LogP contribution in [0.4, 0.5) is 10.5 Å². The number of benzene rings is 1. The maximum Gasteiger partial charge on any atom is 0.336 e. The summed E-state index contributed by atoms with van der Waals surface area (Å²) >= 11 is 1.66. The fourth-order valence-electron chi connectivity index (χ4n) is 1.47. The molecule has 0 bridgehead atoms. The van der Waals surface area contributed by atoms with E-state index < -0.39 is 5.97 Å². The SMILES string of the molecule is CSC(C)(C)CNC(=O)Nc1ccc(C)c(C(=O)O)c1. The van der Waals surface area contributed by atoms with Crippen molar-refractivity contribution in [1.82, 2.24) is 5.32 Å². The van der Waals surface area contributed by atoms with Crippen molar-refractivity contribution in [2.24, 2.45) is 0 Å². The van der Waals surface area contributed by atoms with Gasteiger partial charge in [0.15, 0.2) is 0 Å². The van der Waals surface area contributed by atoms with Gasteiger partial charge in [0, 0.05) is 17.0 Å². The normalized spacial score (nSPS) is 11.0. The topological polar surface area (TPSA) is 78.4 Å². The second-order valence-corrected chi connectivity index (χ2v) is 6.62. The zero-order chi connectivity index (χ0) is 15.3. The summed E-state index contributed by atoms with van der Waals surface area (Å²) in [5, 5.41) is 14.4. The molecular formula is C14H20N2O3S. The molecule has 0 fully saturated rings. The fraction of sp³-hybridized carbons (Fsp3) is 0.429. The Kier molecular flexibility index (Phi) is 5.44. The lowest BCUT2D eigenvalue weighted by atomic mass is 10.1. The summed E-state index contributed by atoms with van der Waals surface area (Å²) in [5.41, 5.74) is 1.31. The van der Waals surface area contributed by atoms with Crippen molar-refractivity contribution in [3.05, 3.63) is 29.3 Å². The van der Waals surface area contributed by atoms with E-state index in [-0.39, 0.29) is 16.3 Å². The highest BCUT2D eigenvalue weighted by atomic mass is 32.2. The zero-order valence-corrected chi connectivity index (χ0v) is 12.9. The Morgan fingerprint density at radius 1 is 1.35 bits per heavy atom. The number of amides is 2. The largest absolute Gasteiger partial charge is 0.478 e. The van der Waals surface area contributed by atoms with Crippen LogP contribution in [0.1, 0.15) is 29.8 Å². The molecule has 0 aliphatic heterocycles. The van der Waals surface area contributed by atoms with Crippen molar-refractivity contribution in [2.75, 3.05) is 18.1 Å². The highest BCUT2D eigenvalue weighted by Gasteiger charge is 2.17. The average Bonchev–Trinajstić information content (AvgIpc) is 2.38. The molecule has 2 amide bonds. The van der Waals surface area contributed by atoms with Crippen LogP contribution in [0.5, 0.6) is 0 Å². The van der Waals surface area contributed by atoms with Crippen LogP contribution in [0.3, 0.4) is 0 Å². The molecule has 0 aliphatic rings. The summed E-state index contributed by atoms with van der Waals surface area (Å²) in [6.45, 7) is 6.31. The minimum Gasteiger partial charge on any atom is -0.478 e. The quantitative estimate of drug-likeness (QED) is 0.780. The molecule has 5 nitrogen and oxygen atoms in total. The predicted molar refractivity (Wildman–Crippen MR) is 82.8 cm³/mol. The van der Waals surface area contributed by atoms with Crippen molar-refractivity contribution in [2.45, 2.75) is 25.5 Å². The number of carboxylic acids is 1. The number of carboxylic acid groups (broad SMARTS) is 1. The minimum absolute atomic E-state index is 0.0448. The van der Waals surface area contributed by atoms with E-state index in [0.717, 1.165) is 0 Å². The average molecular weight is 296 g/mol. The number of urea groups is 1. The Bertz CT molecular complexity index is 515. The molecule has 3 N–H and O–H groups in total. The van der Waals surface area contributed by atoms with Crippen LogP contribution >= 0.6 is 11.8 Å². The van der Waals surface area contributed by atoms with Crippen molar-refractivity contribution >= 4 is 29.4 Å². The van der Waals surface area contributed by atoms with Crippen LogP contribution in [-0.2, 0) is 0 Å². The van der Waals surface area contributed by atoms with Gasteiger partial charge in [0.25, 0.3) is 0 Å². The summed E-state index contributed by atoms with van der Waals surface area (Å²) in [7, 11) is 0. The summed E-state index contributed by atoms with van der Waals surface area (Å²) in [5.74, 6) is -1.00. The lowest BCUT2D eigenvalue weighted by Gasteiger charge is -2.22. The van der Waals surface area contributed by atoms with Crippen molar-refractivity contribution in [3.8, 4) is 0 Å². The summed E-state index contributed by atoms with van der Waals surface area (Å²) in [4.78, 5) is 22.8. The number of aryl methyl sites for hydroxylation is 1. The van der Waals surface area contributed by atoms with Gasteiger partial charge in [0.05, 0.1) is 5.56 Å². The third kappa shape index (κ3) is 4.77. The molecule has 6 heteroatoms. The van der Waals surface area contributed by atoms with Crippen LogP contribution < -0.4 is 10.6 Å². The van der Waals surface area contributed by atoms with E-state index in [4.69, 9.17) is 5.11 Å². The maximum atomic E-state index is 11.8. The lowest BCUT2D eigenvalue weighted by Crippen LogP contribution is -2.38. The van der Waals surface area contributed by atoms with Crippen LogP contribution in [-0.4, -0.2) is 34.7 Å². The number of aromatic carboxylic acids is 1. The number of carbonyl (C=O) groups excluding carboxylic acids is 1. The molecule has 0 atom stereocenters. The number of hydrogen-bond acceptors (Lipinski definition) is 3. The van der Waals surface area contributed by atoms with Crippen LogP contribution in [0.15, 0.2) is 18.2 Å². The Morgan fingerprint density at radius 2 is 2.00 bits per heavy atom. The Hall–Kier alpha value is -1.69. The number of hydrogen-bond donors (Lipinski definition) is 3. The summed E-state index contributed by atoms with van der Waals surface area (Å²) < 4.78 is -0.0448. The molecule has 110 valence electrons. The lowest BCUT2D eigenvalue weighted by molar-refractivity contribution is 0.0696. The third-order valence-electron chi connectivity index (χ3n) is 2.95. The highest BCUT2D eigenvalue weighted by Crippen LogP contribution is 2.19. The molecule has 0 saturated heterocycles. The van der Waals surface area contributed by atoms with Gasteiger partial charge in [0.2, 0.25) is 0 Å². The maximum absolute atomic E-state index is 11.8. The van der Waals surface area contributed by atoms with Gasteiger partial charge in [-0.2, -0.15) is 11.8 Å². The second-order valence-electron chi connectivity index (χ2n) is 5.11. The molecule has 0 aromatic heterocycles. The van der Waals surface area contributed by atoms with E-state index in [1.54, 1.807) is 30.8 Å². The zero-order valence-electron chi connectivity index (χ0n) is 12.1. The van der Waals surface area contributed by atoms with Crippen molar-refractivity contribution in [3.63, 3.8) is 0 Å². The molecule has 20 heavy (non-hydrogen) atoms. The number of nitrogens with one attached hydrogen (secondary N) is 2. The number of rotatable bonds is 5. The van der Waals surface area contributed by atoms with Crippen molar-refractivity contribution < 1.29 is 14.7 Å². The molecule has 1 aromatic carbocycles. The number of anilines is 1. The van der Waals surface area contributed by atoms with Gasteiger partial charge in [-0.1, -0.05) is 6.07 Å². The van der Waals surface area contributed by atoms with Gasteiger partial charge >= 0.3 is 12.0 Å². The minimum atomic E-state index is -1.00. The molecule has 1 aromatic rings. The van der Waals surface area contributed by atoms with Crippen LogP contribution in [0.2, 0.25) is 0 Å². The molecule has 0 aliphatic carbocycles. The molecule has 0 saturated carbocycles. The summed E-state index contributed by atoms with van der Waals surface area (Å²) in [6, 6.07) is 4.47. The fourth-order valence-corrected chi connectivity index (χ4v) is 1.69. The molecule has 0 unspecified atom stereocenters. The van der Waals surface area contributed by atoms with Crippen LogP contribution in [0.25, 0.3) is 0 Å². The van der Waals surface area contributed by atoms with Gasteiger partial charge < -0.3 is 15.7 Å². The van der Waals surface area contributed by atoms with E-state index in [0.29, 0.717) is 17.8 Å². The second kappa shape index (κ2) is 6.65. The van der Waals surface area contributed by atoms with Gasteiger partial charge in [-0.05, 0) is 44.7 Å². The molecule has 0 spiro atoms. The highest BCUT2D eigenvalue weighted by molar-refractivity contribution is 7.99. The first kappa shape index (κ1) is 16.4. The Labute approximate surface area is 123 Å². The van der Waals surface area contributed by atoms with E-state index in [2.05, 4.69) is 10.6 Å². The van der Waals surface area contributed by atoms with E-state index in [1.165, 1.54) is 6.07 Å². The van der Waals surface area contributed by atoms with Crippen molar-refractivity contribution in [1.29, 1.82) is 0 Å². The Balaban J connectivity index is 2.67. The Morgan fingerprint density at radius 3 is 2.55 bits per heavy atom. The van der Waals surface area contributed by atoms with E-state index >= 15 is 0 Å². The monoisotopic (exact) mass is 296 g/mol. The first-order valence-corrected chi connectivity index (χ1v) is 7.41. The van der Waals surface area contributed by atoms with Gasteiger partial charge in [0.1, 0.15) is 0 Å². The first-order chi connectivity index (χ1) is 9.25. The number of thioether (sulfide) groups is 1. The standard InChI is InChI=1S/C14H20N2O3S/c1-9-5-6-10(7-11(9)12(17)18)16-13(19)15-8-14(2,3)20-4/h5-7H,8H2,1-4H3,(H,17,18)(H2,15,16,19). The third-order valence-corrected chi connectivity index (χ3v) is 4.20. The first-order valence-electron chi connectivity index (χ1n) is 6.19. The smallest absolute Gasteiger partial charge is 0.336 e. The molecular weight excluding hydrogens is 276 g/mol. The molecule has 1 rings (SSSR count). The van der Waals surface area contributed by atoms with Crippen LogP contribution in [0, 0.1) is 6.92 Å².